The van der Waals surface area contributed by atoms with Gasteiger partial charge in [0.2, 0.25) is 0 Å². The molecule has 0 atom stereocenters. The lowest BCUT2D eigenvalue weighted by atomic mass is 10.5. The molecule has 0 fully saturated rings. The molecule has 0 aromatic heterocycles. The average molecular weight is 226 g/mol. The molecule has 0 aliphatic rings. The number of thioether (sulfide) groups is 1. The van der Waals surface area contributed by atoms with Crippen LogP contribution in [-0.2, 0) is 4.79 Å². The summed E-state index contributed by atoms with van der Waals surface area (Å²) in [5.41, 5.74) is 0.188. The molecule has 0 amide bonds. The first-order chi connectivity index (χ1) is 4.63. The van der Waals surface area contributed by atoms with Gasteiger partial charge in [0, 0.05) is 7.05 Å². The molecule has 0 heterocycles. The van der Waals surface area contributed by atoms with Crippen molar-refractivity contribution in [3.8, 4) is 0 Å². The van der Waals surface area contributed by atoms with E-state index < -0.39 is 5.97 Å². The van der Waals surface area contributed by atoms with E-state index in [1.54, 1.807) is 13.3 Å². The van der Waals surface area contributed by atoms with E-state index in [2.05, 4.69) is 21.2 Å². The predicted molar refractivity (Wildman–Crippen MR) is 46.2 cm³/mol. The molecule has 10 heavy (non-hydrogen) atoms. The van der Waals surface area contributed by atoms with Gasteiger partial charge in [-0.3, -0.25) is 0 Å². The Morgan fingerprint density at radius 1 is 1.70 bits per heavy atom. The first kappa shape index (κ1) is 9.84. The lowest BCUT2D eigenvalue weighted by molar-refractivity contribution is -0.133. The summed E-state index contributed by atoms with van der Waals surface area (Å²) in [5, 5.41) is 11.1. The highest BCUT2D eigenvalue weighted by molar-refractivity contribution is 9.14. The summed E-state index contributed by atoms with van der Waals surface area (Å²) in [6, 6.07) is 0. The van der Waals surface area contributed by atoms with Gasteiger partial charge in [0.15, 0.2) is 0 Å². The Hall–Kier alpha value is -0.160. The molecule has 0 saturated carbocycles. The summed E-state index contributed by atoms with van der Waals surface area (Å²) in [5.74, 6) is -0.955. The Balaban J connectivity index is 4.45. The van der Waals surface area contributed by atoms with Gasteiger partial charge in [-0.05, 0) is 22.2 Å². The smallest absolute Gasteiger partial charge is 0.353 e. The molecule has 3 nitrogen and oxygen atoms in total. The average Bonchev–Trinajstić information content (AvgIpc) is 1.88. The minimum atomic E-state index is -0.955. The number of halogens is 1. The molecule has 58 valence electrons. The highest BCUT2D eigenvalue weighted by Crippen LogP contribution is 2.21. The molecular weight excluding hydrogens is 218 g/mol. The Bertz CT molecular complexity index is 169. The van der Waals surface area contributed by atoms with Crippen molar-refractivity contribution >= 4 is 33.7 Å². The van der Waals surface area contributed by atoms with E-state index in [1.807, 2.05) is 0 Å². The summed E-state index contributed by atoms with van der Waals surface area (Å²) in [6.45, 7) is 0. The van der Waals surface area contributed by atoms with Gasteiger partial charge in [-0.1, -0.05) is 0 Å². The molecule has 2 N–H and O–H groups in total. The first-order valence-electron chi connectivity index (χ1n) is 2.48. The predicted octanol–water partition coefficient (Wildman–Crippen LogP) is 1.22. The molecule has 0 rings (SSSR count). The van der Waals surface area contributed by atoms with Gasteiger partial charge in [0.25, 0.3) is 0 Å². The Kier molecular flexibility index (Phi) is 4.55. The molecule has 0 saturated heterocycles. The van der Waals surface area contributed by atoms with Gasteiger partial charge >= 0.3 is 5.97 Å². The van der Waals surface area contributed by atoms with Crippen molar-refractivity contribution in [2.75, 3.05) is 13.3 Å². The first-order valence-corrected chi connectivity index (χ1v) is 4.50. The van der Waals surface area contributed by atoms with Gasteiger partial charge in [-0.2, -0.15) is 0 Å². The normalized spacial score (nSPS) is 12.3. The van der Waals surface area contributed by atoms with Crippen molar-refractivity contribution < 1.29 is 9.90 Å². The lowest BCUT2D eigenvalue weighted by Gasteiger charge is -2.01. The minimum absolute atomic E-state index is 0.188. The lowest BCUT2D eigenvalue weighted by Crippen LogP contribution is -2.15. The number of carbonyl (C=O) groups is 1. The monoisotopic (exact) mass is 225 g/mol. The van der Waals surface area contributed by atoms with E-state index in [0.29, 0.717) is 3.81 Å². The Morgan fingerprint density at radius 3 is 2.30 bits per heavy atom. The van der Waals surface area contributed by atoms with Crippen molar-refractivity contribution in [3.63, 3.8) is 0 Å². The van der Waals surface area contributed by atoms with E-state index in [-0.39, 0.29) is 5.70 Å². The largest absolute Gasteiger partial charge is 0.477 e. The second kappa shape index (κ2) is 4.62. The highest BCUT2D eigenvalue weighted by Gasteiger charge is 2.08. The van der Waals surface area contributed by atoms with E-state index in [1.165, 1.54) is 11.8 Å². The maximum atomic E-state index is 10.4. The summed E-state index contributed by atoms with van der Waals surface area (Å²) in [7, 11) is 1.57. The van der Waals surface area contributed by atoms with Crippen LogP contribution in [0.2, 0.25) is 0 Å². The van der Waals surface area contributed by atoms with E-state index in [4.69, 9.17) is 5.11 Å². The fraction of sp³-hybridized carbons (Fsp3) is 0.400. The van der Waals surface area contributed by atoms with Crippen LogP contribution >= 0.6 is 27.7 Å². The molecule has 0 bridgehead atoms. The molecular formula is C5H8BrNO2S. The van der Waals surface area contributed by atoms with Crippen LogP contribution < -0.4 is 5.32 Å². The van der Waals surface area contributed by atoms with Crippen molar-refractivity contribution in [1.82, 2.24) is 5.32 Å². The van der Waals surface area contributed by atoms with E-state index in [0.717, 1.165) is 0 Å². The molecule has 0 radical (unpaired) electrons. The number of carboxylic acids is 1. The molecule has 5 heteroatoms. The molecule has 0 unspecified atom stereocenters. The molecule has 0 aromatic carbocycles. The van der Waals surface area contributed by atoms with Gasteiger partial charge in [0.1, 0.15) is 5.70 Å². The zero-order valence-electron chi connectivity index (χ0n) is 5.64. The number of hydrogen-bond donors (Lipinski definition) is 2. The number of carboxylic acid groups (broad SMARTS) is 1. The van der Waals surface area contributed by atoms with Gasteiger partial charge < -0.3 is 10.4 Å². The fourth-order valence-electron chi connectivity index (χ4n) is 0.391. The molecule has 0 spiro atoms. The van der Waals surface area contributed by atoms with Crippen molar-refractivity contribution in [2.45, 2.75) is 0 Å². The summed E-state index contributed by atoms with van der Waals surface area (Å²) >= 11 is 4.44. The van der Waals surface area contributed by atoms with Crippen LogP contribution in [0, 0.1) is 0 Å². The fourth-order valence-corrected chi connectivity index (χ4v) is 1.15. The third kappa shape index (κ3) is 2.62. The van der Waals surface area contributed by atoms with E-state index in [9.17, 15) is 4.79 Å². The number of nitrogens with one attached hydrogen (secondary N) is 1. The van der Waals surface area contributed by atoms with Crippen LogP contribution in [0.1, 0.15) is 0 Å². The van der Waals surface area contributed by atoms with E-state index >= 15 is 0 Å². The van der Waals surface area contributed by atoms with Crippen LogP contribution in [0.5, 0.6) is 0 Å². The zero-order valence-corrected chi connectivity index (χ0v) is 8.04. The van der Waals surface area contributed by atoms with Crippen LogP contribution in [0.15, 0.2) is 9.51 Å². The number of likely N-dealkylation sites (N-methyl/N-ethyl adjacent to an activating group) is 1. The number of aliphatic carboxylic acids is 1. The Labute approximate surface area is 72.0 Å². The van der Waals surface area contributed by atoms with Crippen molar-refractivity contribution in [2.24, 2.45) is 0 Å². The SMILES string of the molecule is CN/C(C(=O)O)=C(/Br)SC. The molecule has 0 aliphatic carbocycles. The quantitative estimate of drug-likeness (QED) is 0.710. The van der Waals surface area contributed by atoms with Crippen LogP contribution in [0.3, 0.4) is 0 Å². The number of hydrogen-bond acceptors (Lipinski definition) is 3. The second-order valence-electron chi connectivity index (χ2n) is 1.41. The second-order valence-corrected chi connectivity index (χ2v) is 3.54. The maximum Gasteiger partial charge on any atom is 0.353 e. The summed E-state index contributed by atoms with van der Waals surface area (Å²) in [4.78, 5) is 10.4. The third-order valence-corrected chi connectivity index (χ3v) is 2.77. The maximum absolute atomic E-state index is 10.4. The molecule has 0 aromatic rings. The van der Waals surface area contributed by atoms with Gasteiger partial charge in [-0.25, -0.2) is 4.79 Å². The van der Waals surface area contributed by atoms with Gasteiger partial charge in [-0.15, -0.1) is 11.8 Å². The molecule has 0 aliphatic heterocycles. The van der Waals surface area contributed by atoms with Crippen LogP contribution in [0.25, 0.3) is 0 Å². The minimum Gasteiger partial charge on any atom is -0.477 e. The Morgan fingerprint density at radius 2 is 2.20 bits per heavy atom. The van der Waals surface area contributed by atoms with Crippen LogP contribution in [0.4, 0.5) is 0 Å². The number of rotatable bonds is 3. The van der Waals surface area contributed by atoms with Gasteiger partial charge in [0.05, 0.1) is 3.81 Å². The summed E-state index contributed by atoms with van der Waals surface area (Å²) in [6.07, 6.45) is 1.80. The highest BCUT2D eigenvalue weighted by atomic mass is 79.9. The summed E-state index contributed by atoms with van der Waals surface area (Å²) < 4.78 is 0.600. The standard InChI is InChI=1S/C5H8BrNO2S/c1-7-3(5(8)9)4(6)10-2/h7H,1-2H3,(H,8,9)/b4-3-. The van der Waals surface area contributed by atoms with Crippen molar-refractivity contribution in [1.29, 1.82) is 0 Å². The van der Waals surface area contributed by atoms with Crippen molar-refractivity contribution in [3.05, 3.63) is 9.51 Å². The topological polar surface area (TPSA) is 49.3 Å². The van der Waals surface area contributed by atoms with Crippen LogP contribution in [-0.4, -0.2) is 24.4 Å². The third-order valence-electron chi connectivity index (χ3n) is 0.840. The zero-order chi connectivity index (χ0) is 8.15.